The van der Waals surface area contributed by atoms with Gasteiger partial charge < -0.3 is 9.80 Å². The molecule has 0 radical (unpaired) electrons. The second-order valence-corrected chi connectivity index (χ2v) is 5.79. The maximum atomic E-state index is 4.62. The van der Waals surface area contributed by atoms with Gasteiger partial charge in [-0.15, -0.1) is 0 Å². The summed E-state index contributed by atoms with van der Waals surface area (Å²) in [6, 6.07) is 4.42. The van der Waals surface area contributed by atoms with Crippen LogP contribution in [0.5, 0.6) is 0 Å². The Bertz CT molecular complexity index is 586. The monoisotopic (exact) mass is 281 g/mol. The fourth-order valence-corrected chi connectivity index (χ4v) is 2.88. The van der Waals surface area contributed by atoms with Gasteiger partial charge in [-0.25, -0.2) is 9.97 Å². The van der Waals surface area contributed by atoms with E-state index in [2.05, 4.69) is 36.9 Å². The predicted molar refractivity (Wildman–Crippen MR) is 82.7 cm³/mol. The SMILES string of the molecule is c1ncc(N2CCN(c3ccc(C4CC4)nc3)CC2)cn1. The van der Waals surface area contributed by atoms with Crippen molar-refractivity contribution >= 4 is 11.4 Å². The molecule has 2 aromatic heterocycles. The fourth-order valence-electron chi connectivity index (χ4n) is 2.88. The summed E-state index contributed by atoms with van der Waals surface area (Å²) < 4.78 is 0. The number of aromatic nitrogens is 3. The topological polar surface area (TPSA) is 45.2 Å². The van der Waals surface area contributed by atoms with Crippen LogP contribution < -0.4 is 9.80 Å². The van der Waals surface area contributed by atoms with Crippen molar-refractivity contribution in [1.82, 2.24) is 15.0 Å². The molecule has 1 aliphatic carbocycles. The van der Waals surface area contributed by atoms with Crippen LogP contribution in [0.2, 0.25) is 0 Å². The number of piperazine rings is 1. The lowest BCUT2D eigenvalue weighted by atomic mass is 10.2. The first-order valence-electron chi connectivity index (χ1n) is 7.61. The Morgan fingerprint density at radius 2 is 1.48 bits per heavy atom. The van der Waals surface area contributed by atoms with Crippen LogP contribution >= 0.6 is 0 Å². The minimum atomic E-state index is 0.731. The molecule has 0 bridgehead atoms. The molecule has 21 heavy (non-hydrogen) atoms. The van der Waals surface area contributed by atoms with Crippen LogP contribution in [0.3, 0.4) is 0 Å². The first kappa shape index (κ1) is 12.6. The molecule has 2 aromatic rings. The van der Waals surface area contributed by atoms with E-state index in [0.29, 0.717) is 0 Å². The summed E-state index contributed by atoms with van der Waals surface area (Å²) in [6.45, 7) is 4.02. The van der Waals surface area contributed by atoms with E-state index in [4.69, 9.17) is 0 Å². The molecule has 2 aliphatic rings. The Morgan fingerprint density at radius 1 is 0.810 bits per heavy atom. The van der Waals surface area contributed by atoms with Crippen molar-refractivity contribution in [3.05, 3.63) is 42.7 Å². The van der Waals surface area contributed by atoms with E-state index in [-0.39, 0.29) is 0 Å². The van der Waals surface area contributed by atoms with Crippen molar-refractivity contribution in [2.45, 2.75) is 18.8 Å². The molecule has 0 aromatic carbocycles. The van der Waals surface area contributed by atoms with Gasteiger partial charge in [-0.1, -0.05) is 0 Å². The highest BCUT2D eigenvalue weighted by Crippen LogP contribution is 2.39. The highest BCUT2D eigenvalue weighted by molar-refractivity contribution is 5.49. The number of anilines is 2. The van der Waals surface area contributed by atoms with E-state index in [1.54, 1.807) is 6.33 Å². The van der Waals surface area contributed by atoms with Gasteiger partial charge in [0.25, 0.3) is 0 Å². The molecule has 0 spiro atoms. The molecular formula is C16H19N5. The van der Waals surface area contributed by atoms with Crippen molar-refractivity contribution in [3.63, 3.8) is 0 Å². The van der Waals surface area contributed by atoms with Gasteiger partial charge in [0.1, 0.15) is 6.33 Å². The van der Waals surface area contributed by atoms with Gasteiger partial charge in [0.15, 0.2) is 0 Å². The zero-order valence-corrected chi connectivity index (χ0v) is 12.0. The highest BCUT2D eigenvalue weighted by Gasteiger charge is 2.25. The van der Waals surface area contributed by atoms with Crippen molar-refractivity contribution in [2.24, 2.45) is 0 Å². The Balaban J connectivity index is 1.40. The highest BCUT2D eigenvalue weighted by atomic mass is 15.3. The van der Waals surface area contributed by atoms with Crippen molar-refractivity contribution in [1.29, 1.82) is 0 Å². The molecule has 2 fully saturated rings. The summed E-state index contributed by atoms with van der Waals surface area (Å²) in [5.74, 6) is 0.731. The van der Waals surface area contributed by atoms with Crippen LogP contribution in [0.4, 0.5) is 11.4 Å². The molecule has 5 nitrogen and oxygen atoms in total. The summed E-state index contributed by atoms with van der Waals surface area (Å²) >= 11 is 0. The van der Waals surface area contributed by atoms with Crippen LogP contribution in [0.25, 0.3) is 0 Å². The number of nitrogens with zero attached hydrogens (tertiary/aromatic N) is 5. The number of rotatable bonds is 3. The van der Waals surface area contributed by atoms with E-state index in [0.717, 1.165) is 37.8 Å². The molecule has 0 unspecified atom stereocenters. The average molecular weight is 281 g/mol. The summed E-state index contributed by atoms with van der Waals surface area (Å²) in [6.07, 6.45) is 10.00. The Morgan fingerprint density at radius 3 is 2.05 bits per heavy atom. The number of hydrogen-bond acceptors (Lipinski definition) is 5. The molecular weight excluding hydrogens is 262 g/mol. The molecule has 0 amide bonds. The predicted octanol–water partition coefficient (Wildman–Crippen LogP) is 2.08. The molecule has 0 N–H and O–H groups in total. The van der Waals surface area contributed by atoms with Crippen LogP contribution in [-0.2, 0) is 0 Å². The second-order valence-electron chi connectivity index (χ2n) is 5.79. The summed E-state index contributed by atoms with van der Waals surface area (Å²) in [4.78, 5) is 17.5. The zero-order valence-electron chi connectivity index (χ0n) is 12.0. The summed E-state index contributed by atoms with van der Waals surface area (Å²) in [5.41, 5.74) is 3.61. The van der Waals surface area contributed by atoms with Gasteiger partial charge in [-0.3, -0.25) is 4.98 Å². The molecule has 108 valence electrons. The molecule has 3 heterocycles. The van der Waals surface area contributed by atoms with Gasteiger partial charge in [0, 0.05) is 37.8 Å². The van der Waals surface area contributed by atoms with Gasteiger partial charge >= 0.3 is 0 Å². The minimum Gasteiger partial charge on any atom is -0.367 e. The lowest BCUT2D eigenvalue weighted by Crippen LogP contribution is -2.46. The fraction of sp³-hybridized carbons (Fsp3) is 0.438. The van der Waals surface area contributed by atoms with E-state index in [9.17, 15) is 0 Å². The van der Waals surface area contributed by atoms with Crippen LogP contribution in [0.1, 0.15) is 24.5 Å². The molecule has 0 atom stereocenters. The third kappa shape index (κ3) is 2.68. The summed E-state index contributed by atoms with van der Waals surface area (Å²) in [7, 11) is 0. The van der Waals surface area contributed by atoms with Crippen molar-refractivity contribution < 1.29 is 0 Å². The normalized spacial score (nSPS) is 18.9. The first-order chi connectivity index (χ1) is 10.4. The van der Waals surface area contributed by atoms with Crippen LogP contribution in [0.15, 0.2) is 37.1 Å². The number of hydrogen-bond donors (Lipinski definition) is 0. The third-order valence-corrected chi connectivity index (χ3v) is 4.32. The zero-order chi connectivity index (χ0) is 14.1. The summed E-state index contributed by atoms with van der Waals surface area (Å²) in [5, 5.41) is 0. The molecule has 4 rings (SSSR count). The maximum absolute atomic E-state index is 4.62. The van der Waals surface area contributed by atoms with Gasteiger partial charge in [-0.05, 0) is 25.0 Å². The van der Waals surface area contributed by atoms with Gasteiger partial charge in [-0.2, -0.15) is 0 Å². The first-order valence-corrected chi connectivity index (χ1v) is 7.61. The number of pyridine rings is 1. The van der Waals surface area contributed by atoms with Crippen molar-refractivity contribution in [2.75, 3.05) is 36.0 Å². The third-order valence-electron chi connectivity index (χ3n) is 4.32. The van der Waals surface area contributed by atoms with Crippen LogP contribution in [-0.4, -0.2) is 41.1 Å². The molecule has 5 heteroatoms. The van der Waals surface area contributed by atoms with E-state index in [1.807, 2.05) is 18.6 Å². The van der Waals surface area contributed by atoms with Crippen LogP contribution in [0, 0.1) is 0 Å². The molecule has 1 saturated carbocycles. The standard InChI is InChI=1S/C16H19N5/c1-2-13(1)16-4-3-14(11-19-16)20-5-7-21(8-6-20)15-9-17-12-18-10-15/h3-4,9-13H,1-2,5-8H2. The van der Waals surface area contributed by atoms with E-state index < -0.39 is 0 Å². The smallest absolute Gasteiger partial charge is 0.115 e. The second kappa shape index (κ2) is 5.31. The Kier molecular flexibility index (Phi) is 3.18. The van der Waals surface area contributed by atoms with Crippen molar-refractivity contribution in [3.8, 4) is 0 Å². The Labute approximate surface area is 124 Å². The lowest BCUT2D eigenvalue weighted by molar-refractivity contribution is 0.650. The average Bonchev–Trinajstić information content (AvgIpc) is 3.41. The molecule has 1 saturated heterocycles. The Hall–Kier alpha value is -2.17. The maximum Gasteiger partial charge on any atom is 0.115 e. The molecule has 1 aliphatic heterocycles. The quantitative estimate of drug-likeness (QED) is 0.862. The lowest BCUT2D eigenvalue weighted by Gasteiger charge is -2.36. The van der Waals surface area contributed by atoms with Gasteiger partial charge in [0.05, 0.1) is 30.0 Å². The van der Waals surface area contributed by atoms with Gasteiger partial charge in [0.2, 0.25) is 0 Å². The van der Waals surface area contributed by atoms with E-state index in [1.165, 1.54) is 24.2 Å². The largest absolute Gasteiger partial charge is 0.367 e. The van der Waals surface area contributed by atoms with E-state index >= 15 is 0 Å². The minimum absolute atomic E-state index is 0.731.